The van der Waals surface area contributed by atoms with Crippen molar-refractivity contribution in [1.29, 1.82) is 0 Å². The second kappa shape index (κ2) is 6.92. The molecule has 8 heteroatoms. The molecule has 3 rings (SSSR count). The van der Waals surface area contributed by atoms with Crippen molar-refractivity contribution in [3.8, 4) is 0 Å². The minimum Gasteiger partial charge on any atom is -0.465 e. The predicted octanol–water partition coefficient (Wildman–Crippen LogP) is 2.05. The number of ether oxygens (including phenoxy) is 1. The number of hydrogen-bond acceptors (Lipinski definition) is 6. The lowest BCUT2D eigenvalue weighted by atomic mass is 10.1. The largest absolute Gasteiger partial charge is 0.465 e. The molecule has 6 nitrogen and oxygen atoms in total. The van der Waals surface area contributed by atoms with E-state index in [0.29, 0.717) is 36.0 Å². The monoisotopic (exact) mass is 366 g/mol. The average Bonchev–Trinajstić information content (AvgIpc) is 3.17. The zero-order chi connectivity index (χ0) is 17.2. The molecule has 2 heterocycles. The van der Waals surface area contributed by atoms with Crippen LogP contribution in [0.1, 0.15) is 10.4 Å². The molecular formula is C16H18N2O4S2. The number of nitrogens with zero attached hydrogens (tertiary/aromatic N) is 2. The highest BCUT2D eigenvalue weighted by Gasteiger charge is 2.30. The first-order valence-corrected chi connectivity index (χ1v) is 9.82. The minimum absolute atomic E-state index is 0.367. The van der Waals surface area contributed by atoms with Gasteiger partial charge < -0.3 is 9.64 Å². The number of thiophene rings is 1. The summed E-state index contributed by atoms with van der Waals surface area (Å²) >= 11 is 1.23. The number of carbonyl (C=O) groups excluding carboxylic acids is 1. The number of sulfonamides is 1. The van der Waals surface area contributed by atoms with Crippen molar-refractivity contribution in [3.63, 3.8) is 0 Å². The number of rotatable bonds is 4. The van der Waals surface area contributed by atoms with Crippen molar-refractivity contribution in [2.75, 3.05) is 38.2 Å². The third kappa shape index (κ3) is 3.17. The van der Waals surface area contributed by atoms with Crippen LogP contribution in [0.25, 0.3) is 0 Å². The lowest BCUT2D eigenvalue weighted by Crippen LogP contribution is -2.48. The highest BCUT2D eigenvalue weighted by Crippen LogP contribution is 2.26. The summed E-state index contributed by atoms with van der Waals surface area (Å²) in [4.78, 5) is 13.9. The summed E-state index contributed by atoms with van der Waals surface area (Å²) < 4.78 is 31.8. The molecule has 0 saturated carbocycles. The van der Waals surface area contributed by atoms with E-state index >= 15 is 0 Å². The molecule has 1 aromatic carbocycles. The van der Waals surface area contributed by atoms with Crippen LogP contribution in [0.5, 0.6) is 0 Å². The number of piperazine rings is 1. The van der Waals surface area contributed by atoms with Gasteiger partial charge in [-0.25, -0.2) is 13.2 Å². The summed E-state index contributed by atoms with van der Waals surface area (Å²) in [7, 11) is -2.07. The summed E-state index contributed by atoms with van der Waals surface area (Å²) in [6, 6.07) is 10.6. The number of para-hydroxylation sites is 1. The lowest BCUT2D eigenvalue weighted by Gasteiger charge is -2.35. The lowest BCUT2D eigenvalue weighted by molar-refractivity contribution is 0.0601. The summed E-state index contributed by atoms with van der Waals surface area (Å²) in [5.41, 5.74) is 1.27. The molecular weight excluding hydrogens is 348 g/mol. The van der Waals surface area contributed by atoms with E-state index in [2.05, 4.69) is 0 Å². The first-order chi connectivity index (χ1) is 11.5. The Labute approximate surface area is 145 Å². The molecule has 1 aliphatic rings. The maximum atomic E-state index is 12.6. The van der Waals surface area contributed by atoms with Crippen molar-refractivity contribution in [1.82, 2.24) is 4.31 Å². The van der Waals surface area contributed by atoms with Crippen LogP contribution in [0.15, 0.2) is 46.0 Å². The van der Waals surface area contributed by atoms with Gasteiger partial charge in [0.1, 0.15) is 4.21 Å². The molecule has 0 spiro atoms. The molecule has 0 unspecified atom stereocenters. The molecule has 1 aliphatic heterocycles. The predicted molar refractivity (Wildman–Crippen MR) is 93.1 cm³/mol. The van der Waals surface area contributed by atoms with E-state index < -0.39 is 10.0 Å². The summed E-state index contributed by atoms with van der Waals surface area (Å²) in [5, 5.41) is 1.76. The fourth-order valence-electron chi connectivity index (χ4n) is 2.74. The van der Waals surface area contributed by atoms with Gasteiger partial charge in [0.05, 0.1) is 18.4 Å². The minimum atomic E-state index is -3.42. The normalized spacial score (nSPS) is 16.1. The fourth-order valence-corrected chi connectivity index (χ4v) is 5.31. The van der Waals surface area contributed by atoms with Crippen molar-refractivity contribution in [2.24, 2.45) is 0 Å². The zero-order valence-electron chi connectivity index (χ0n) is 13.2. The molecule has 0 radical (unpaired) electrons. The second-order valence-corrected chi connectivity index (χ2v) is 8.44. The van der Waals surface area contributed by atoms with Crippen LogP contribution < -0.4 is 4.90 Å². The second-order valence-electron chi connectivity index (χ2n) is 5.33. The maximum Gasteiger partial charge on any atom is 0.339 e. The molecule has 0 aliphatic carbocycles. The molecule has 1 saturated heterocycles. The highest BCUT2D eigenvalue weighted by molar-refractivity contribution is 7.91. The van der Waals surface area contributed by atoms with Gasteiger partial charge in [-0.05, 0) is 23.6 Å². The van der Waals surface area contributed by atoms with Crippen LogP contribution in [-0.4, -0.2) is 52.0 Å². The smallest absolute Gasteiger partial charge is 0.339 e. The topological polar surface area (TPSA) is 66.9 Å². The van der Waals surface area contributed by atoms with Gasteiger partial charge in [-0.2, -0.15) is 4.31 Å². The molecule has 24 heavy (non-hydrogen) atoms. The Morgan fingerprint density at radius 1 is 1.08 bits per heavy atom. The van der Waals surface area contributed by atoms with Gasteiger partial charge in [-0.3, -0.25) is 0 Å². The van der Waals surface area contributed by atoms with Crippen molar-refractivity contribution >= 4 is 33.0 Å². The number of benzene rings is 1. The standard InChI is InChI=1S/C16H18N2O4S2/c1-22-16(19)13-5-2-3-6-14(13)17-8-10-18(11-9-17)24(20,21)15-7-4-12-23-15/h2-7,12H,8-11H2,1H3. The summed E-state index contributed by atoms with van der Waals surface area (Å²) in [5.74, 6) is -0.390. The van der Waals surface area contributed by atoms with Gasteiger partial charge in [0, 0.05) is 26.2 Å². The van der Waals surface area contributed by atoms with Gasteiger partial charge in [-0.1, -0.05) is 18.2 Å². The van der Waals surface area contributed by atoms with Crippen LogP contribution in [0.4, 0.5) is 5.69 Å². The molecule has 2 aromatic rings. The number of esters is 1. The Morgan fingerprint density at radius 3 is 2.42 bits per heavy atom. The van der Waals surface area contributed by atoms with Gasteiger partial charge in [0.2, 0.25) is 0 Å². The summed E-state index contributed by atoms with van der Waals surface area (Å²) in [6.45, 7) is 1.82. The van der Waals surface area contributed by atoms with E-state index in [1.807, 2.05) is 17.0 Å². The zero-order valence-corrected chi connectivity index (χ0v) is 14.8. The van der Waals surface area contributed by atoms with E-state index in [-0.39, 0.29) is 5.97 Å². The average molecular weight is 366 g/mol. The number of carbonyl (C=O) groups is 1. The van der Waals surface area contributed by atoms with Crippen LogP contribution >= 0.6 is 11.3 Å². The Bertz CT molecular complexity index is 810. The van der Waals surface area contributed by atoms with Crippen LogP contribution in [0.2, 0.25) is 0 Å². The third-order valence-electron chi connectivity index (χ3n) is 3.98. The number of hydrogen-bond donors (Lipinski definition) is 0. The molecule has 0 bridgehead atoms. The molecule has 0 amide bonds. The van der Waals surface area contributed by atoms with Crippen molar-refractivity contribution in [3.05, 3.63) is 47.3 Å². The Morgan fingerprint density at radius 2 is 1.79 bits per heavy atom. The van der Waals surface area contributed by atoms with Crippen LogP contribution in [0, 0.1) is 0 Å². The van der Waals surface area contributed by atoms with E-state index in [1.165, 1.54) is 22.8 Å². The Balaban J connectivity index is 1.76. The molecule has 0 atom stereocenters. The molecule has 0 N–H and O–H groups in total. The summed E-state index contributed by atoms with van der Waals surface area (Å²) in [6.07, 6.45) is 0. The van der Waals surface area contributed by atoms with Crippen LogP contribution in [0.3, 0.4) is 0 Å². The van der Waals surface area contributed by atoms with Gasteiger partial charge in [0.25, 0.3) is 10.0 Å². The van der Waals surface area contributed by atoms with Gasteiger partial charge >= 0.3 is 5.97 Å². The molecule has 128 valence electrons. The van der Waals surface area contributed by atoms with Crippen molar-refractivity contribution in [2.45, 2.75) is 4.21 Å². The number of anilines is 1. The van der Waals surface area contributed by atoms with Gasteiger partial charge in [0.15, 0.2) is 0 Å². The first kappa shape index (κ1) is 16.9. The Hall–Kier alpha value is -1.90. The van der Waals surface area contributed by atoms with E-state index in [9.17, 15) is 13.2 Å². The third-order valence-corrected chi connectivity index (χ3v) is 7.25. The van der Waals surface area contributed by atoms with Crippen LogP contribution in [-0.2, 0) is 14.8 Å². The molecule has 1 aromatic heterocycles. The van der Waals surface area contributed by atoms with E-state index in [1.54, 1.807) is 29.6 Å². The molecule has 1 fully saturated rings. The first-order valence-electron chi connectivity index (χ1n) is 7.50. The SMILES string of the molecule is COC(=O)c1ccccc1N1CCN(S(=O)(=O)c2cccs2)CC1. The number of methoxy groups -OCH3 is 1. The Kier molecular flexibility index (Phi) is 4.88. The maximum absolute atomic E-state index is 12.6. The van der Waals surface area contributed by atoms with E-state index in [0.717, 1.165) is 5.69 Å². The van der Waals surface area contributed by atoms with Gasteiger partial charge in [-0.15, -0.1) is 11.3 Å². The highest BCUT2D eigenvalue weighted by atomic mass is 32.2. The quantitative estimate of drug-likeness (QED) is 0.775. The fraction of sp³-hybridized carbons (Fsp3) is 0.312. The van der Waals surface area contributed by atoms with Crippen molar-refractivity contribution < 1.29 is 17.9 Å². The van der Waals surface area contributed by atoms with E-state index in [4.69, 9.17) is 4.74 Å².